The van der Waals surface area contributed by atoms with Gasteiger partial charge in [0.25, 0.3) is 5.56 Å². The summed E-state index contributed by atoms with van der Waals surface area (Å²) >= 11 is 0. The predicted octanol–water partition coefficient (Wildman–Crippen LogP) is 2.73. The number of rotatable bonds is 1. The molecule has 1 aliphatic carbocycles. The minimum Gasteiger partial charge on any atom is -0.318 e. The molecule has 1 aliphatic rings. The molecule has 0 saturated heterocycles. The van der Waals surface area contributed by atoms with E-state index in [-0.39, 0.29) is 11.0 Å². The van der Waals surface area contributed by atoms with Gasteiger partial charge in [-0.05, 0) is 35.3 Å². The first kappa shape index (κ1) is 11.4. The Hall–Kier alpha value is -1.05. The standard InChI is InChI=1S/C14H21NO/c1-13(2,3)11-8-10(14(4)6-7-14)9-15(5)12(11)16/h8-9H,6-7H2,1-5H3. The highest BCUT2D eigenvalue weighted by molar-refractivity contribution is 5.33. The van der Waals surface area contributed by atoms with Crippen LogP contribution in [0.4, 0.5) is 0 Å². The Morgan fingerprint density at radius 3 is 2.31 bits per heavy atom. The SMILES string of the molecule is Cn1cc(C2(C)CC2)cc(C(C)(C)C)c1=O. The van der Waals surface area contributed by atoms with Gasteiger partial charge in [0.05, 0.1) is 0 Å². The highest BCUT2D eigenvalue weighted by Crippen LogP contribution is 2.47. The van der Waals surface area contributed by atoms with Gasteiger partial charge < -0.3 is 4.57 Å². The zero-order chi connectivity index (χ0) is 12.1. The molecule has 0 amide bonds. The highest BCUT2D eigenvalue weighted by Gasteiger charge is 2.40. The maximum Gasteiger partial charge on any atom is 0.254 e. The molecule has 0 atom stereocenters. The van der Waals surface area contributed by atoms with Crippen LogP contribution in [0.1, 0.15) is 51.7 Å². The van der Waals surface area contributed by atoms with Crippen molar-refractivity contribution in [2.24, 2.45) is 7.05 Å². The molecular weight excluding hydrogens is 198 g/mol. The molecule has 2 nitrogen and oxygen atoms in total. The summed E-state index contributed by atoms with van der Waals surface area (Å²) in [5.74, 6) is 0. The summed E-state index contributed by atoms with van der Waals surface area (Å²) < 4.78 is 1.74. The van der Waals surface area contributed by atoms with Gasteiger partial charge in [-0.25, -0.2) is 0 Å². The van der Waals surface area contributed by atoms with E-state index in [0.29, 0.717) is 5.41 Å². The van der Waals surface area contributed by atoms with Crippen LogP contribution in [0.3, 0.4) is 0 Å². The Balaban J connectivity index is 2.61. The highest BCUT2D eigenvalue weighted by atomic mass is 16.1. The molecule has 0 spiro atoms. The summed E-state index contributed by atoms with van der Waals surface area (Å²) in [6.45, 7) is 8.58. The van der Waals surface area contributed by atoms with Gasteiger partial charge in [-0.1, -0.05) is 27.7 Å². The van der Waals surface area contributed by atoms with Gasteiger partial charge in [-0.15, -0.1) is 0 Å². The monoisotopic (exact) mass is 219 g/mol. The molecule has 0 aliphatic heterocycles. The first-order valence-electron chi connectivity index (χ1n) is 5.96. The molecule has 16 heavy (non-hydrogen) atoms. The second-order valence-corrected chi connectivity index (χ2v) is 6.37. The van der Waals surface area contributed by atoms with Crippen molar-refractivity contribution in [3.63, 3.8) is 0 Å². The van der Waals surface area contributed by atoms with E-state index in [1.165, 1.54) is 18.4 Å². The lowest BCUT2D eigenvalue weighted by Crippen LogP contribution is -2.30. The van der Waals surface area contributed by atoms with E-state index in [4.69, 9.17) is 0 Å². The van der Waals surface area contributed by atoms with Crippen LogP contribution in [0.2, 0.25) is 0 Å². The van der Waals surface area contributed by atoms with Gasteiger partial charge >= 0.3 is 0 Å². The second-order valence-electron chi connectivity index (χ2n) is 6.37. The lowest BCUT2D eigenvalue weighted by molar-refractivity contribution is 0.568. The average Bonchev–Trinajstić information content (AvgIpc) is 2.87. The molecular formula is C14H21NO. The Kier molecular flexibility index (Phi) is 2.30. The summed E-state index contributed by atoms with van der Waals surface area (Å²) in [6.07, 6.45) is 4.49. The molecule has 2 heteroatoms. The van der Waals surface area contributed by atoms with Gasteiger partial charge in [0, 0.05) is 18.8 Å². The lowest BCUT2D eigenvalue weighted by Gasteiger charge is -2.21. The summed E-state index contributed by atoms with van der Waals surface area (Å²) in [5.41, 5.74) is 2.64. The summed E-state index contributed by atoms with van der Waals surface area (Å²) in [5, 5.41) is 0. The zero-order valence-electron chi connectivity index (χ0n) is 10.9. The van der Waals surface area contributed by atoms with Crippen LogP contribution in [-0.4, -0.2) is 4.57 Å². The van der Waals surface area contributed by atoms with Crippen molar-refractivity contribution in [3.05, 3.63) is 33.7 Å². The van der Waals surface area contributed by atoms with E-state index in [1.54, 1.807) is 4.57 Å². The Bertz CT molecular complexity index is 472. The predicted molar refractivity (Wildman–Crippen MR) is 67.0 cm³/mol. The quantitative estimate of drug-likeness (QED) is 0.712. The maximum atomic E-state index is 12.1. The third-order valence-electron chi connectivity index (χ3n) is 3.69. The van der Waals surface area contributed by atoms with Gasteiger partial charge in [-0.3, -0.25) is 4.79 Å². The molecule has 2 rings (SSSR count). The smallest absolute Gasteiger partial charge is 0.254 e. The average molecular weight is 219 g/mol. The largest absolute Gasteiger partial charge is 0.318 e. The fourth-order valence-corrected chi connectivity index (χ4v) is 2.06. The van der Waals surface area contributed by atoms with Crippen LogP contribution in [0.25, 0.3) is 0 Å². The summed E-state index contributed by atoms with van der Waals surface area (Å²) in [6, 6.07) is 2.12. The minimum atomic E-state index is -0.0733. The van der Waals surface area contributed by atoms with Crippen LogP contribution in [0, 0.1) is 0 Å². The zero-order valence-corrected chi connectivity index (χ0v) is 10.9. The van der Waals surface area contributed by atoms with E-state index in [9.17, 15) is 4.79 Å². The van der Waals surface area contributed by atoms with E-state index >= 15 is 0 Å². The Morgan fingerprint density at radius 1 is 1.31 bits per heavy atom. The van der Waals surface area contributed by atoms with Gasteiger partial charge in [0.1, 0.15) is 0 Å². The van der Waals surface area contributed by atoms with Crippen LogP contribution in [0.5, 0.6) is 0 Å². The molecule has 0 aromatic carbocycles. The van der Waals surface area contributed by atoms with Crippen molar-refractivity contribution >= 4 is 0 Å². The molecule has 88 valence electrons. The van der Waals surface area contributed by atoms with Crippen molar-refractivity contribution in [2.75, 3.05) is 0 Å². The number of nitrogens with zero attached hydrogens (tertiary/aromatic N) is 1. The lowest BCUT2D eigenvalue weighted by atomic mass is 9.85. The topological polar surface area (TPSA) is 22.0 Å². The molecule has 0 radical (unpaired) electrons. The van der Waals surface area contributed by atoms with Gasteiger partial charge in [-0.2, -0.15) is 0 Å². The van der Waals surface area contributed by atoms with Crippen molar-refractivity contribution < 1.29 is 0 Å². The van der Waals surface area contributed by atoms with Crippen LogP contribution in [0.15, 0.2) is 17.1 Å². The second kappa shape index (κ2) is 3.22. The number of pyridine rings is 1. The third-order valence-corrected chi connectivity index (χ3v) is 3.69. The van der Waals surface area contributed by atoms with E-state index in [0.717, 1.165) is 5.56 Å². The first-order chi connectivity index (χ1) is 7.24. The molecule has 1 fully saturated rings. The maximum absolute atomic E-state index is 12.1. The van der Waals surface area contributed by atoms with Crippen molar-refractivity contribution in [1.29, 1.82) is 0 Å². The van der Waals surface area contributed by atoms with Crippen LogP contribution in [-0.2, 0) is 17.9 Å². The fourth-order valence-electron chi connectivity index (χ4n) is 2.06. The molecule has 0 bridgehead atoms. The summed E-state index contributed by atoms with van der Waals surface area (Å²) in [4.78, 5) is 12.1. The minimum absolute atomic E-state index is 0.0733. The fraction of sp³-hybridized carbons (Fsp3) is 0.643. The number of aryl methyl sites for hydroxylation is 1. The van der Waals surface area contributed by atoms with Crippen molar-refractivity contribution in [2.45, 2.75) is 51.4 Å². The number of aromatic nitrogens is 1. The van der Waals surface area contributed by atoms with E-state index in [1.807, 2.05) is 13.2 Å². The normalized spacial score (nSPS) is 18.6. The molecule has 1 saturated carbocycles. The number of hydrogen-bond acceptors (Lipinski definition) is 1. The number of hydrogen-bond donors (Lipinski definition) is 0. The Labute approximate surface area is 97.3 Å². The van der Waals surface area contributed by atoms with Crippen molar-refractivity contribution in [1.82, 2.24) is 4.57 Å². The third kappa shape index (κ3) is 1.81. The van der Waals surface area contributed by atoms with Gasteiger partial charge in [0.15, 0.2) is 0 Å². The molecule has 1 aromatic rings. The van der Waals surface area contributed by atoms with Crippen molar-refractivity contribution in [3.8, 4) is 0 Å². The molecule has 0 unspecified atom stereocenters. The van der Waals surface area contributed by atoms with E-state index in [2.05, 4.69) is 33.8 Å². The van der Waals surface area contributed by atoms with Gasteiger partial charge in [0.2, 0.25) is 0 Å². The van der Waals surface area contributed by atoms with E-state index < -0.39 is 0 Å². The summed E-state index contributed by atoms with van der Waals surface area (Å²) in [7, 11) is 1.85. The molecule has 1 aromatic heterocycles. The first-order valence-corrected chi connectivity index (χ1v) is 5.96. The van der Waals surface area contributed by atoms with Crippen LogP contribution >= 0.6 is 0 Å². The van der Waals surface area contributed by atoms with Crippen LogP contribution < -0.4 is 5.56 Å². The Morgan fingerprint density at radius 2 is 1.88 bits per heavy atom. The molecule has 1 heterocycles. The molecule has 0 N–H and O–H groups in total.